The maximum atomic E-state index is 3.86. The highest BCUT2D eigenvalue weighted by Crippen LogP contribution is 2.20. The van der Waals surface area contributed by atoms with E-state index in [-0.39, 0.29) is 5.54 Å². The molecule has 1 N–H and O–H groups in total. The molecule has 1 heterocycles. The van der Waals surface area contributed by atoms with Crippen LogP contribution < -0.4 is 5.43 Å². The van der Waals surface area contributed by atoms with Crippen LogP contribution in [0.2, 0.25) is 0 Å². The monoisotopic (exact) mass is 125 g/mol. The predicted octanol–water partition coefficient (Wildman–Crippen LogP) is 0.933. The molecule has 0 spiro atoms. The average molecular weight is 125 g/mol. The van der Waals surface area contributed by atoms with Crippen LogP contribution in [0.3, 0.4) is 0 Å². The highest BCUT2D eigenvalue weighted by molar-refractivity contribution is 5.08. The van der Waals surface area contributed by atoms with E-state index in [9.17, 15) is 0 Å². The van der Waals surface area contributed by atoms with Gasteiger partial charge in [0.05, 0.1) is 5.54 Å². The number of hydrogen-bond donors (Lipinski definition) is 1. The summed E-state index contributed by atoms with van der Waals surface area (Å²) in [7, 11) is 2.02. The van der Waals surface area contributed by atoms with Gasteiger partial charge < -0.3 is 5.43 Å². The number of likely N-dealkylation sites (N-methyl/N-ethyl adjacent to an activating group) is 1. The van der Waals surface area contributed by atoms with Crippen molar-refractivity contribution in [2.45, 2.75) is 18.9 Å². The third-order valence-electron chi connectivity index (χ3n) is 1.98. The third-order valence-corrected chi connectivity index (χ3v) is 1.98. The fraction of sp³-hybridized carbons (Fsp3) is 0.571. The minimum atomic E-state index is 0.125. The summed E-state index contributed by atoms with van der Waals surface area (Å²) in [6.45, 7) is 6.01. The lowest BCUT2D eigenvalue weighted by Crippen LogP contribution is -2.42. The fourth-order valence-corrected chi connectivity index (χ4v) is 0.839. The Balaban J connectivity index is 2.66. The average Bonchev–Trinajstić information content (AvgIpc) is 2.15. The van der Waals surface area contributed by atoms with Gasteiger partial charge in [0.2, 0.25) is 0 Å². The quantitative estimate of drug-likeness (QED) is 0.561. The molecular formula is C7H13N2. The lowest BCUT2D eigenvalue weighted by molar-refractivity contribution is 0.167. The topological polar surface area (TPSA) is 15.3 Å². The van der Waals surface area contributed by atoms with E-state index in [0.717, 1.165) is 6.42 Å². The zero-order chi connectivity index (χ0) is 6.91. The lowest BCUT2D eigenvalue weighted by atomic mass is 10.0. The molecule has 2 heteroatoms. The first-order valence-corrected chi connectivity index (χ1v) is 3.16. The van der Waals surface area contributed by atoms with Crippen molar-refractivity contribution >= 4 is 0 Å². The molecule has 0 bridgehead atoms. The smallest absolute Gasteiger partial charge is 0.0566 e. The van der Waals surface area contributed by atoms with Crippen LogP contribution in [0.5, 0.6) is 0 Å². The first-order chi connectivity index (χ1) is 4.19. The van der Waals surface area contributed by atoms with Gasteiger partial charge in [-0.3, -0.25) is 0 Å². The minimum Gasteiger partial charge on any atom is -0.326 e. The van der Waals surface area contributed by atoms with Gasteiger partial charge in [0, 0.05) is 13.2 Å². The molecular weight excluding hydrogens is 112 g/mol. The van der Waals surface area contributed by atoms with Crippen LogP contribution in [0.1, 0.15) is 13.3 Å². The summed E-state index contributed by atoms with van der Waals surface area (Å²) in [6.07, 6.45) is 4.97. The third kappa shape index (κ3) is 0.944. The second kappa shape index (κ2) is 2.03. The maximum Gasteiger partial charge on any atom is 0.0566 e. The number of nitrogens with one attached hydrogen (secondary N) is 1. The number of nitrogens with zero attached hydrogens (tertiary/aromatic N) is 1. The van der Waals surface area contributed by atoms with Crippen LogP contribution in [-0.4, -0.2) is 17.6 Å². The molecule has 1 radical (unpaired) electrons. The molecule has 0 amide bonds. The van der Waals surface area contributed by atoms with Crippen molar-refractivity contribution in [3.63, 3.8) is 0 Å². The van der Waals surface area contributed by atoms with E-state index in [1.54, 1.807) is 0 Å². The van der Waals surface area contributed by atoms with Gasteiger partial charge in [-0.2, -0.15) is 0 Å². The van der Waals surface area contributed by atoms with Gasteiger partial charge in [-0.25, -0.2) is 5.01 Å². The Morgan fingerprint density at radius 3 is 2.67 bits per heavy atom. The summed E-state index contributed by atoms with van der Waals surface area (Å²) < 4.78 is 0. The van der Waals surface area contributed by atoms with Crippen molar-refractivity contribution < 1.29 is 0 Å². The molecule has 1 unspecified atom stereocenters. The highest BCUT2D eigenvalue weighted by Gasteiger charge is 2.26. The van der Waals surface area contributed by atoms with Crippen LogP contribution in [0.15, 0.2) is 12.3 Å². The molecule has 0 fully saturated rings. The fourth-order valence-electron chi connectivity index (χ4n) is 0.839. The van der Waals surface area contributed by atoms with E-state index in [4.69, 9.17) is 0 Å². The van der Waals surface area contributed by atoms with E-state index in [1.165, 1.54) is 0 Å². The Hall–Kier alpha value is -0.500. The Bertz CT molecular complexity index is 131. The molecule has 0 saturated carbocycles. The molecule has 0 aromatic rings. The number of hydrogen-bond acceptors (Lipinski definition) is 2. The van der Waals surface area contributed by atoms with Crippen LogP contribution in [0, 0.1) is 6.92 Å². The highest BCUT2D eigenvalue weighted by atomic mass is 15.5. The van der Waals surface area contributed by atoms with Gasteiger partial charge in [-0.05, 0) is 19.4 Å². The maximum absolute atomic E-state index is 3.86. The number of rotatable bonds is 1. The largest absolute Gasteiger partial charge is 0.326 e. The van der Waals surface area contributed by atoms with Crippen molar-refractivity contribution in [3.05, 3.63) is 19.2 Å². The minimum absolute atomic E-state index is 0.125. The SMILES string of the molecule is [CH2]CC1(C)C=CNN1C. The van der Waals surface area contributed by atoms with Crippen molar-refractivity contribution in [1.82, 2.24) is 10.4 Å². The second-order valence-electron chi connectivity index (χ2n) is 2.63. The van der Waals surface area contributed by atoms with Crippen molar-refractivity contribution in [2.24, 2.45) is 0 Å². The first-order valence-electron chi connectivity index (χ1n) is 3.16. The molecule has 0 aromatic carbocycles. The van der Waals surface area contributed by atoms with Gasteiger partial charge >= 0.3 is 0 Å². The van der Waals surface area contributed by atoms with Gasteiger partial charge in [-0.15, -0.1) is 0 Å². The summed E-state index contributed by atoms with van der Waals surface area (Å²) in [5, 5.41) is 2.06. The lowest BCUT2D eigenvalue weighted by Gasteiger charge is -2.29. The van der Waals surface area contributed by atoms with E-state index in [1.807, 2.05) is 13.2 Å². The Morgan fingerprint density at radius 2 is 2.44 bits per heavy atom. The standard InChI is InChI=1S/C7H13N2/c1-4-7(2)5-6-8-9(7)3/h5-6,8H,1,4H2,2-3H3. The molecule has 0 aromatic heterocycles. The molecule has 1 aliphatic rings. The van der Waals surface area contributed by atoms with E-state index in [0.29, 0.717) is 0 Å². The summed E-state index contributed by atoms with van der Waals surface area (Å²) in [5.74, 6) is 0. The van der Waals surface area contributed by atoms with E-state index in [2.05, 4.69) is 30.4 Å². The Kier molecular flexibility index (Phi) is 1.49. The number of hydrazine groups is 1. The summed E-state index contributed by atoms with van der Waals surface area (Å²) in [5.41, 5.74) is 3.20. The van der Waals surface area contributed by atoms with Gasteiger partial charge in [-0.1, -0.05) is 6.92 Å². The van der Waals surface area contributed by atoms with E-state index < -0.39 is 0 Å². The molecule has 0 saturated heterocycles. The molecule has 1 rings (SSSR count). The molecule has 2 nitrogen and oxygen atoms in total. The van der Waals surface area contributed by atoms with Gasteiger partial charge in [0.25, 0.3) is 0 Å². The Morgan fingerprint density at radius 1 is 1.78 bits per heavy atom. The molecule has 51 valence electrons. The first kappa shape index (κ1) is 6.62. The molecule has 1 atom stereocenters. The predicted molar refractivity (Wildman–Crippen MR) is 38.4 cm³/mol. The van der Waals surface area contributed by atoms with Crippen LogP contribution in [-0.2, 0) is 0 Å². The summed E-state index contributed by atoms with van der Waals surface area (Å²) >= 11 is 0. The van der Waals surface area contributed by atoms with Crippen LogP contribution in [0.25, 0.3) is 0 Å². The molecule has 0 aliphatic carbocycles. The zero-order valence-corrected chi connectivity index (χ0v) is 6.02. The van der Waals surface area contributed by atoms with Gasteiger partial charge in [0.15, 0.2) is 0 Å². The summed E-state index contributed by atoms with van der Waals surface area (Å²) in [6, 6.07) is 0. The normalized spacial score (nSPS) is 35.0. The van der Waals surface area contributed by atoms with E-state index >= 15 is 0 Å². The van der Waals surface area contributed by atoms with Crippen LogP contribution >= 0.6 is 0 Å². The van der Waals surface area contributed by atoms with Crippen molar-refractivity contribution in [3.8, 4) is 0 Å². The zero-order valence-electron chi connectivity index (χ0n) is 6.02. The van der Waals surface area contributed by atoms with Crippen LogP contribution in [0.4, 0.5) is 0 Å². The van der Waals surface area contributed by atoms with Crippen molar-refractivity contribution in [1.29, 1.82) is 0 Å². The Labute approximate surface area is 56.5 Å². The summed E-state index contributed by atoms with van der Waals surface area (Å²) in [4.78, 5) is 0. The van der Waals surface area contributed by atoms with Crippen molar-refractivity contribution in [2.75, 3.05) is 7.05 Å². The van der Waals surface area contributed by atoms with Gasteiger partial charge in [0.1, 0.15) is 0 Å². The second-order valence-corrected chi connectivity index (χ2v) is 2.63. The molecule has 1 aliphatic heterocycles. The molecule has 9 heavy (non-hydrogen) atoms.